The van der Waals surface area contributed by atoms with Gasteiger partial charge < -0.3 is 0 Å². The van der Waals surface area contributed by atoms with Crippen LogP contribution in [0.4, 0.5) is 13.2 Å². The van der Waals surface area contributed by atoms with Crippen molar-refractivity contribution < 1.29 is 13.2 Å². The standard InChI is InChI=1S/C29H31F3/c1-2-3-4-6-20-9-11-21(12-10-20)24-17-18-25(28(31)19-24)22-13-15-23(16-14-22)26-7-5-8-27(30)29(26)32/h5,7-8,13-21H,2-4,6,9-12H2,1H3. The molecule has 0 atom stereocenters. The Morgan fingerprint density at radius 2 is 1.41 bits per heavy atom. The number of benzene rings is 3. The molecule has 168 valence electrons. The fourth-order valence-corrected chi connectivity index (χ4v) is 5.04. The van der Waals surface area contributed by atoms with Gasteiger partial charge in [-0.3, -0.25) is 0 Å². The van der Waals surface area contributed by atoms with Crippen LogP contribution in [0.2, 0.25) is 0 Å². The molecule has 3 aromatic rings. The first-order valence-electron chi connectivity index (χ1n) is 11.9. The van der Waals surface area contributed by atoms with Crippen LogP contribution in [0.15, 0.2) is 60.7 Å². The van der Waals surface area contributed by atoms with Gasteiger partial charge in [0, 0.05) is 11.1 Å². The van der Waals surface area contributed by atoms with Crippen LogP contribution in [0.5, 0.6) is 0 Å². The van der Waals surface area contributed by atoms with E-state index in [4.69, 9.17) is 0 Å². The maximum atomic E-state index is 15.0. The van der Waals surface area contributed by atoms with Crippen molar-refractivity contribution in [1.82, 2.24) is 0 Å². The summed E-state index contributed by atoms with van der Waals surface area (Å²) in [5, 5.41) is 0. The van der Waals surface area contributed by atoms with Gasteiger partial charge in [0.1, 0.15) is 5.82 Å². The smallest absolute Gasteiger partial charge is 0.166 e. The molecule has 0 unspecified atom stereocenters. The summed E-state index contributed by atoms with van der Waals surface area (Å²) in [4.78, 5) is 0. The Hall–Kier alpha value is -2.55. The van der Waals surface area contributed by atoms with E-state index < -0.39 is 11.6 Å². The fraction of sp³-hybridized carbons (Fsp3) is 0.379. The SMILES string of the molecule is CCCCCC1CCC(c2ccc(-c3ccc(-c4cccc(F)c4F)cc3)c(F)c2)CC1. The van der Waals surface area contributed by atoms with E-state index in [1.54, 1.807) is 36.4 Å². The third kappa shape index (κ3) is 5.09. The predicted octanol–water partition coefficient (Wildman–Crippen LogP) is 9.29. The van der Waals surface area contributed by atoms with Crippen molar-refractivity contribution in [3.05, 3.63) is 83.7 Å². The van der Waals surface area contributed by atoms with Gasteiger partial charge in [-0.2, -0.15) is 0 Å². The highest BCUT2D eigenvalue weighted by molar-refractivity contribution is 5.71. The minimum Gasteiger partial charge on any atom is -0.206 e. The molecule has 0 saturated heterocycles. The monoisotopic (exact) mass is 436 g/mol. The van der Waals surface area contributed by atoms with Gasteiger partial charge in [-0.15, -0.1) is 0 Å². The van der Waals surface area contributed by atoms with Crippen molar-refractivity contribution in [2.45, 2.75) is 64.2 Å². The Bertz CT molecular complexity index is 1030. The Kier molecular flexibility index (Phi) is 7.34. The van der Waals surface area contributed by atoms with Gasteiger partial charge in [-0.25, -0.2) is 13.2 Å². The first-order valence-corrected chi connectivity index (χ1v) is 11.9. The number of halogens is 3. The lowest BCUT2D eigenvalue weighted by Gasteiger charge is -2.29. The van der Waals surface area contributed by atoms with Crippen molar-refractivity contribution in [1.29, 1.82) is 0 Å². The molecular weight excluding hydrogens is 405 g/mol. The molecule has 0 N–H and O–H groups in total. The van der Waals surface area contributed by atoms with E-state index in [0.29, 0.717) is 17.0 Å². The molecule has 3 heteroatoms. The fourth-order valence-electron chi connectivity index (χ4n) is 5.04. The summed E-state index contributed by atoms with van der Waals surface area (Å²) in [7, 11) is 0. The first-order chi connectivity index (χ1) is 15.6. The Morgan fingerprint density at radius 3 is 2.06 bits per heavy atom. The number of rotatable bonds is 7. The molecule has 4 rings (SSSR count). The van der Waals surface area contributed by atoms with Crippen molar-refractivity contribution in [3.63, 3.8) is 0 Å². The number of unbranched alkanes of at least 4 members (excludes halogenated alkanes) is 2. The molecule has 0 amide bonds. The molecule has 0 heterocycles. The van der Waals surface area contributed by atoms with E-state index in [1.165, 1.54) is 44.6 Å². The molecule has 1 saturated carbocycles. The summed E-state index contributed by atoms with van der Waals surface area (Å²) in [6.45, 7) is 2.24. The zero-order valence-electron chi connectivity index (χ0n) is 18.7. The average Bonchev–Trinajstić information content (AvgIpc) is 2.82. The molecular formula is C29H31F3. The molecule has 0 aliphatic heterocycles. The zero-order chi connectivity index (χ0) is 22.5. The van der Waals surface area contributed by atoms with Crippen molar-refractivity contribution >= 4 is 0 Å². The summed E-state index contributed by atoms with van der Waals surface area (Å²) in [6, 6.07) is 16.7. The van der Waals surface area contributed by atoms with Crippen molar-refractivity contribution in [2.75, 3.05) is 0 Å². The highest BCUT2D eigenvalue weighted by Gasteiger charge is 2.23. The largest absolute Gasteiger partial charge is 0.206 e. The maximum absolute atomic E-state index is 15.0. The molecule has 1 fully saturated rings. The summed E-state index contributed by atoms with van der Waals surface area (Å²) in [6.07, 6.45) is 10.0. The molecule has 0 bridgehead atoms. The first kappa shape index (κ1) is 22.6. The van der Waals surface area contributed by atoms with Crippen LogP contribution in [0.25, 0.3) is 22.3 Å². The highest BCUT2D eigenvalue weighted by Crippen LogP contribution is 2.39. The van der Waals surface area contributed by atoms with E-state index in [-0.39, 0.29) is 11.4 Å². The summed E-state index contributed by atoms with van der Waals surface area (Å²) in [5.74, 6) is -0.681. The van der Waals surface area contributed by atoms with Crippen LogP contribution in [-0.4, -0.2) is 0 Å². The molecule has 1 aliphatic carbocycles. The Labute approximate surface area is 189 Å². The van der Waals surface area contributed by atoms with E-state index in [9.17, 15) is 8.78 Å². The summed E-state index contributed by atoms with van der Waals surface area (Å²) >= 11 is 0. The van der Waals surface area contributed by atoms with E-state index in [0.717, 1.165) is 36.0 Å². The van der Waals surface area contributed by atoms with E-state index in [2.05, 4.69) is 13.0 Å². The summed E-state index contributed by atoms with van der Waals surface area (Å²) < 4.78 is 42.6. The zero-order valence-corrected chi connectivity index (χ0v) is 18.7. The number of hydrogen-bond acceptors (Lipinski definition) is 0. The van der Waals surface area contributed by atoms with Crippen LogP contribution < -0.4 is 0 Å². The summed E-state index contributed by atoms with van der Waals surface area (Å²) in [5.41, 5.74) is 3.13. The van der Waals surface area contributed by atoms with Gasteiger partial charge in [-0.1, -0.05) is 81.1 Å². The second-order valence-electron chi connectivity index (χ2n) is 9.13. The van der Waals surface area contributed by atoms with Gasteiger partial charge in [0.15, 0.2) is 11.6 Å². The Morgan fingerprint density at radius 1 is 0.719 bits per heavy atom. The molecule has 32 heavy (non-hydrogen) atoms. The molecule has 0 nitrogen and oxygen atoms in total. The topological polar surface area (TPSA) is 0 Å². The van der Waals surface area contributed by atoms with Crippen LogP contribution in [0, 0.1) is 23.4 Å². The minimum absolute atomic E-state index is 0.206. The van der Waals surface area contributed by atoms with E-state index >= 15 is 4.39 Å². The van der Waals surface area contributed by atoms with Gasteiger partial charge >= 0.3 is 0 Å². The predicted molar refractivity (Wildman–Crippen MR) is 126 cm³/mol. The minimum atomic E-state index is -0.872. The molecule has 1 aliphatic rings. The van der Waals surface area contributed by atoms with Crippen molar-refractivity contribution in [3.8, 4) is 22.3 Å². The molecule has 0 spiro atoms. The lowest BCUT2D eigenvalue weighted by atomic mass is 9.77. The second kappa shape index (κ2) is 10.4. The van der Waals surface area contributed by atoms with Gasteiger partial charge in [0.2, 0.25) is 0 Å². The Balaban J connectivity index is 1.44. The molecule has 0 aromatic heterocycles. The molecule has 3 aromatic carbocycles. The second-order valence-corrected chi connectivity index (χ2v) is 9.13. The van der Waals surface area contributed by atoms with Gasteiger partial charge in [-0.05, 0) is 66.3 Å². The van der Waals surface area contributed by atoms with Gasteiger partial charge in [0.05, 0.1) is 0 Å². The lowest BCUT2D eigenvalue weighted by Crippen LogP contribution is -2.13. The van der Waals surface area contributed by atoms with E-state index in [1.807, 2.05) is 6.07 Å². The third-order valence-electron chi connectivity index (χ3n) is 6.99. The molecule has 0 radical (unpaired) electrons. The maximum Gasteiger partial charge on any atom is 0.166 e. The number of hydrogen-bond donors (Lipinski definition) is 0. The van der Waals surface area contributed by atoms with Crippen LogP contribution >= 0.6 is 0 Å². The van der Waals surface area contributed by atoms with Crippen LogP contribution in [-0.2, 0) is 0 Å². The average molecular weight is 437 g/mol. The van der Waals surface area contributed by atoms with Gasteiger partial charge in [0.25, 0.3) is 0 Å². The van der Waals surface area contributed by atoms with Crippen LogP contribution in [0.1, 0.15) is 69.8 Å². The third-order valence-corrected chi connectivity index (χ3v) is 6.99. The lowest BCUT2D eigenvalue weighted by molar-refractivity contribution is 0.302. The van der Waals surface area contributed by atoms with Crippen LogP contribution in [0.3, 0.4) is 0 Å². The normalized spacial score (nSPS) is 18.6. The quantitative estimate of drug-likeness (QED) is 0.324. The highest BCUT2D eigenvalue weighted by atomic mass is 19.2. The van der Waals surface area contributed by atoms with Crippen molar-refractivity contribution in [2.24, 2.45) is 5.92 Å².